The number of ether oxygens (including phenoxy) is 3. The fraction of sp³-hybridized carbons (Fsp3) is 0.353. The Balaban J connectivity index is 2.04. The van der Waals surface area contributed by atoms with Gasteiger partial charge in [-0.3, -0.25) is 0 Å². The van der Waals surface area contributed by atoms with Crippen LogP contribution in [-0.4, -0.2) is 61.6 Å². The number of benzene rings is 1. The number of carboxylic acid groups (broad SMARTS) is 1. The topological polar surface area (TPSA) is 94.0 Å². The van der Waals surface area contributed by atoms with Crippen LogP contribution in [0.1, 0.15) is 10.4 Å². The second kappa shape index (κ2) is 7.35. The largest absolute Gasteiger partial charge is 0.493 e. The van der Waals surface area contributed by atoms with E-state index in [1.165, 1.54) is 6.20 Å². The maximum absolute atomic E-state index is 11.5. The Morgan fingerprint density at radius 2 is 1.92 bits per heavy atom. The molecule has 1 fully saturated rings. The first-order valence-electron chi connectivity index (χ1n) is 7.79. The Kier molecular flexibility index (Phi) is 4.99. The van der Waals surface area contributed by atoms with Gasteiger partial charge in [0.1, 0.15) is 11.4 Å². The van der Waals surface area contributed by atoms with Crippen molar-refractivity contribution in [1.82, 2.24) is 9.97 Å². The third kappa shape index (κ3) is 3.48. The van der Waals surface area contributed by atoms with Gasteiger partial charge in [0.2, 0.25) is 0 Å². The average molecular weight is 345 g/mol. The van der Waals surface area contributed by atoms with Gasteiger partial charge in [0, 0.05) is 24.8 Å². The van der Waals surface area contributed by atoms with Crippen molar-refractivity contribution < 1.29 is 24.1 Å². The Morgan fingerprint density at radius 1 is 1.20 bits per heavy atom. The molecule has 0 spiro atoms. The quantitative estimate of drug-likeness (QED) is 0.875. The van der Waals surface area contributed by atoms with Gasteiger partial charge < -0.3 is 24.2 Å². The molecule has 0 bridgehead atoms. The number of nitrogens with zero attached hydrogens (tertiary/aromatic N) is 3. The van der Waals surface area contributed by atoms with E-state index in [9.17, 15) is 9.90 Å². The zero-order chi connectivity index (χ0) is 17.8. The molecule has 8 heteroatoms. The second-order valence-corrected chi connectivity index (χ2v) is 5.41. The fourth-order valence-corrected chi connectivity index (χ4v) is 2.65. The van der Waals surface area contributed by atoms with Crippen molar-refractivity contribution >= 4 is 11.8 Å². The third-order valence-electron chi connectivity index (χ3n) is 3.95. The summed E-state index contributed by atoms with van der Waals surface area (Å²) >= 11 is 0. The van der Waals surface area contributed by atoms with E-state index >= 15 is 0 Å². The SMILES string of the molecule is COc1ccc(-c2ncc(C(=O)O)c(N3CCOCC3)n2)cc1OC. The van der Waals surface area contributed by atoms with Gasteiger partial charge in [0.25, 0.3) is 0 Å². The predicted octanol–water partition coefficient (Wildman–Crippen LogP) is 1.70. The standard InChI is InChI=1S/C17H19N3O5/c1-23-13-4-3-11(9-14(13)24-2)15-18-10-12(17(21)22)16(19-15)20-5-7-25-8-6-20/h3-4,9-10H,5-8H2,1-2H3,(H,21,22). The van der Waals surface area contributed by atoms with Crippen LogP contribution in [0.4, 0.5) is 5.82 Å². The molecular formula is C17H19N3O5. The van der Waals surface area contributed by atoms with Crippen LogP contribution in [-0.2, 0) is 4.74 Å². The summed E-state index contributed by atoms with van der Waals surface area (Å²) in [4.78, 5) is 22.1. The molecule has 1 aromatic heterocycles. The molecule has 0 radical (unpaired) electrons. The highest BCUT2D eigenvalue weighted by molar-refractivity contribution is 5.93. The molecule has 1 aliphatic heterocycles. The first kappa shape index (κ1) is 17.0. The van der Waals surface area contributed by atoms with E-state index in [4.69, 9.17) is 14.2 Å². The molecule has 1 N–H and O–H groups in total. The second-order valence-electron chi connectivity index (χ2n) is 5.41. The summed E-state index contributed by atoms with van der Waals surface area (Å²) in [6, 6.07) is 5.33. The van der Waals surface area contributed by atoms with Crippen LogP contribution in [0.5, 0.6) is 11.5 Å². The summed E-state index contributed by atoms with van der Waals surface area (Å²) in [5, 5.41) is 9.43. The Bertz CT molecular complexity index is 775. The van der Waals surface area contributed by atoms with Crippen molar-refractivity contribution in [2.45, 2.75) is 0 Å². The minimum Gasteiger partial charge on any atom is -0.493 e. The number of aromatic carboxylic acids is 1. The molecule has 0 atom stereocenters. The van der Waals surface area contributed by atoms with E-state index in [1.807, 2.05) is 4.90 Å². The maximum atomic E-state index is 11.5. The van der Waals surface area contributed by atoms with Crippen LogP contribution in [0, 0.1) is 0 Å². The maximum Gasteiger partial charge on any atom is 0.341 e. The van der Waals surface area contributed by atoms with E-state index in [1.54, 1.807) is 32.4 Å². The van der Waals surface area contributed by atoms with Crippen LogP contribution in [0.15, 0.2) is 24.4 Å². The number of hydrogen-bond acceptors (Lipinski definition) is 7. The van der Waals surface area contributed by atoms with E-state index in [-0.39, 0.29) is 5.56 Å². The number of hydrogen-bond donors (Lipinski definition) is 1. The van der Waals surface area contributed by atoms with Crippen molar-refractivity contribution in [2.24, 2.45) is 0 Å². The van der Waals surface area contributed by atoms with Gasteiger partial charge in [-0.15, -0.1) is 0 Å². The zero-order valence-electron chi connectivity index (χ0n) is 14.1. The molecule has 0 unspecified atom stereocenters. The predicted molar refractivity (Wildman–Crippen MR) is 90.6 cm³/mol. The number of carbonyl (C=O) groups is 1. The molecule has 1 saturated heterocycles. The number of morpholine rings is 1. The number of carboxylic acids is 1. The van der Waals surface area contributed by atoms with E-state index in [2.05, 4.69) is 9.97 Å². The summed E-state index contributed by atoms with van der Waals surface area (Å²) in [5.74, 6) is 0.920. The van der Waals surface area contributed by atoms with Crippen LogP contribution in [0.2, 0.25) is 0 Å². The van der Waals surface area contributed by atoms with Gasteiger partial charge >= 0.3 is 5.97 Å². The molecule has 0 saturated carbocycles. The number of methoxy groups -OCH3 is 2. The molecule has 132 valence electrons. The molecule has 2 aromatic rings. The summed E-state index contributed by atoms with van der Waals surface area (Å²) in [6.07, 6.45) is 1.34. The van der Waals surface area contributed by atoms with Gasteiger partial charge in [0.15, 0.2) is 17.3 Å². The molecule has 0 aliphatic carbocycles. The molecule has 1 aromatic carbocycles. The van der Waals surface area contributed by atoms with Gasteiger partial charge in [-0.2, -0.15) is 0 Å². The highest BCUT2D eigenvalue weighted by Gasteiger charge is 2.22. The van der Waals surface area contributed by atoms with Gasteiger partial charge in [0.05, 0.1) is 27.4 Å². The van der Waals surface area contributed by atoms with Crippen LogP contribution >= 0.6 is 0 Å². The normalized spacial score (nSPS) is 14.2. The summed E-state index contributed by atoms with van der Waals surface area (Å²) in [7, 11) is 3.11. The van der Waals surface area contributed by atoms with Gasteiger partial charge in [-0.1, -0.05) is 0 Å². The summed E-state index contributed by atoms with van der Waals surface area (Å²) in [5.41, 5.74) is 0.787. The van der Waals surface area contributed by atoms with Crippen molar-refractivity contribution in [2.75, 3.05) is 45.4 Å². The molecule has 1 aliphatic rings. The number of anilines is 1. The Hall–Kier alpha value is -2.87. The van der Waals surface area contributed by atoms with Gasteiger partial charge in [-0.25, -0.2) is 14.8 Å². The van der Waals surface area contributed by atoms with Crippen molar-refractivity contribution in [1.29, 1.82) is 0 Å². The molecule has 3 rings (SSSR count). The highest BCUT2D eigenvalue weighted by atomic mass is 16.5. The molecule has 8 nitrogen and oxygen atoms in total. The van der Waals surface area contributed by atoms with Crippen LogP contribution in [0.25, 0.3) is 11.4 Å². The number of aromatic nitrogens is 2. The lowest BCUT2D eigenvalue weighted by molar-refractivity contribution is 0.0695. The van der Waals surface area contributed by atoms with Crippen LogP contribution < -0.4 is 14.4 Å². The Morgan fingerprint density at radius 3 is 2.56 bits per heavy atom. The first-order valence-corrected chi connectivity index (χ1v) is 7.79. The molecule has 0 amide bonds. The fourth-order valence-electron chi connectivity index (χ4n) is 2.65. The van der Waals surface area contributed by atoms with Gasteiger partial charge in [-0.05, 0) is 18.2 Å². The lowest BCUT2D eigenvalue weighted by Gasteiger charge is -2.28. The summed E-state index contributed by atoms with van der Waals surface area (Å²) < 4.78 is 15.9. The summed E-state index contributed by atoms with van der Waals surface area (Å²) in [6.45, 7) is 2.24. The molecule has 25 heavy (non-hydrogen) atoms. The molecular weight excluding hydrogens is 326 g/mol. The van der Waals surface area contributed by atoms with Crippen molar-refractivity contribution in [3.63, 3.8) is 0 Å². The average Bonchev–Trinajstić information content (AvgIpc) is 2.67. The third-order valence-corrected chi connectivity index (χ3v) is 3.95. The smallest absolute Gasteiger partial charge is 0.341 e. The van der Waals surface area contributed by atoms with E-state index in [0.717, 1.165) is 0 Å². The minimum absolute atomic E-state index is 0.0751. The zero-order valence-corrected chi connectivity index (χ0v) is 14.1. The lowest BCUT2D eigenvalue weighted by Crippen LogP contribution is -2.37. The van der Waals surface area contributed by atoms with Crippen molar-refractivity contribution in [3.8, 4) is 22.9 Å². The lowest BCUT2D eigenvalue weighted by atomic mass is 10.1. The van der Waals surface area contributed by atoms with E-state index in [0.29, 0.717) is 55.0 Å². The number of rotatable bonds is 5. The monoisotopic (exact) mass is 345 g/mol. The van der Waals surface area contributed by atoms with E-state index < -0.39 is 5.97 Å². The van der Waals surface area contributed by atoms with Crippen LogP contribution in [0.3, 0.4) is 0 Å². The Labute approximate surface area is 145 Å². The minimum atomic E-state index is -1.06. The van der Waals surface area contributed by atoms with Crippen molar-refractivity contribution in [3.05, 3.63) is 30.0 Å². The first-order chi connectivity index (χ1) is 12.1. The molecule has 2 heterocycles. The highest BCUT2D eigenvalue weighted by Crippen LogP contribution is 2.32.